The average Bonchev–Trinajstić information content (AvgIpc) is 2.39. The van der Waals surface area contributed by atoms with Crippen LogP contribution in [0.15, 0.2) is 24.5 Å². The molecule has 90 valence electrons. The lowest BCUT2D eigenvalue weighted by Crippen LogP contribution is -2.67. The van der Waals surface area contributed by atoms with Gasteiger partial charge in [0.1, 0.15) is 0 Å². The van der Waals surface area contributed by atoms with Crippen molar-refractivity contribution in [2.75, 3.05) is 19.6 Å². The predicted octanol–water partition coefficient (Wildman–Crippen LogP) is 1.05. The van der Waals surface area contributed by atoms with Crippen LogP contribution in [-0.4, -0.2) is 41.0 Å². The standard InChI is InChI=1S/C13H17N3O/c17-12(11-2-7-14-8-3-11)16-9-5-13(16)4-1-6-15-10-13/h2-3,7-8,15H,1,4-6,9-10H2/t13-/m1/s1. The van der Waals surface area contributed by atoms with E-state index < -0.39 is 0 Å². The number of hydrogen-bond acceptors (Lipinski definition) is 3. The van der Waals surface area contributed by atoms with E-state index >= 15 is 0 Å². The van der Waals surface area contributed by atoms with Gasteiger partial charge < -0.3 is 10.2 Å². The van der Waals surface area contributed by atoms with E-state index in [2.05, 4.69) is 10.3 Å². The molecule has 1 atom stereocenters. The quantitative estimate of drug-likeness (QED) is 0.785. The second-order valence-electron chi connectivity index (χ2n) is 4.95. The van der Waals surface area contributed by atoms with Crippen molar-refractivity contribution in [1.29, 1.82) is 0 Å². The Hall–Kier alpha value is -1.42. The van der Waals surface area contributed by atoms with Crippen molar-refractivity contribution in [3.05, 3.63) is 30.1 Å². The summed E-state index contributed by atoms with van der Waals surface area (Å²) in [6, 6.07) is 3.59. The molecule has 3 rings (SSSR count). The van der Waals surface area contributed by atoms with Crippen LogP contribution in [0.3, 0.4) is 0 Å². The van der Waals surface area contributed by atoms with E-state index in [-0.39, 0.29) is 11.4 Å². The van der Waals surface area contributed by atoms with Crippen LogP contribution in [0.25, 0.3) is 0 Å². The third-order valence-corrected chi connectivity index (χ3v) is 4.00. The molecule has 2 fully saturated rings. The van der Waals surface area contributed by atoms with Crippen molar-refractivity contribution < 1.29 is 4.79 Å². The van der Waals surface area contributed by atoms with Gasteiger partial charge in [0.15, 0.2) is 0 Å². The summed E-state index contributed by atoms with van der Waals surface area (Å²) < 4.78 is 0. The lowest BCUT2D eigenvalue weighted by molar-refractivity contribution is -0.0155. The Labute approximate surface area is 101 Å². The van der Waals surface area contributed by atoms with Gasteiger partial charge in [0.2, 0.25) is 0 Å². The number of nitrogens with one attached hydrogen (secondary N) is 1. The zero-order valence-corrected chi connectivity index (χ0v) is 9.85. The van der Waals surface area contributed by atoms with Gasteiger partial charge in [-0.15, -0.1) is 0 Å². The lowest BCUT2D eigenvalue weighted by atomic mass is 9.78. The smallest absolute Gasteiger partial charge is 0.254 e. The number of carbonyl (C=O) groups is 1. The van der Waals surface area contributed by atoms with Crippen LogP contribution >= 0.6 is 0 Å². The molecule has 0 bridgehead atoms. The maximum absolute atomic E-state index is 12.4. The van der Waals surface area contributed by atoms with Crippen LogP contribution in [-0.2, 0) is 0 Å². The summed E-state index contributed by atoms with van der Waals surface area (Å²) in [6.45, 7) is 2.92. The van der Waals surface area contributed by atoms with Crippen LogP contribution in [0.2, 0.25) is 0 Å². The van der Waals surface area contributed by atoms with Gasteiger partial charge in [-0.05, 0) is 37.9 Å². The van der Waals surface area contributed by atoms with Gasteiger partial charge in [0.05, 0.1) is 5.54 Å². The second-order valence-corrected chi connectivity index (χ2v) is 4.95. The monoisotopic (exact) mass is 231 g/mol. The fraction of sp³-hybridized carbons (Fsp3) is 0.538. The minimum atomic E-state index is 0.0958. The van der Waals surface area contributed by atoms with Crippen LogP contribution in [0.5, 0.6) is 0 Å². The fourth-order valence-electron chi connectivity index (χ4n) is 2.90. The number of rotatable bonds is 1. The molecule has 0 radical (unpaired) electrons. The van der Waals surface area contributed by atoms with Crippen molar-refractivity contribution in [1.82, 2.24) is 15.2 Å². The second kappa shape index (κ2) is 4.11. The van der Waals surface area contributed by atoms with Crippen molar-refractivity contribution in [2.45, 2.75) is 24.8 Å². The molecule has 17 heavy (non-hydrogen) atoms. The fourth-order valence-corrected chi connectivity index (χ4v) is 2.90. The van der Waals surface area contributed by atoms with E-state index in [1.807, 2.05) is 4.90 Å². The summed E-state index contributed by atoms with van der Waals surface area (Å²) in [6.07, 6.45) is 6.80. The van der Waals surface area contributed by atoms with Gasteiger partial charge in [-0.2, -0.15) is 0 Å². The van der Waals surface area contributed by atoms with Crippen molar-refractivity contribution in [3.8, 4) is 0 Å². The first kappa shape index (κ1) is 10.7. The number of hydrogen-bond donors (Lipinski definition) is 1. The summed E-state index contributed by atoms with van der Waals surface area (Å²) in [4.78, 5) is 18.4. The summed E-state index contributed by atoms with van der Waals surface area (Å²) in [5.74, 6) is 0.155. The first-order valence-corrected chi connectivity index (χ1v) is 6.25. The minimum absolute atomic E-state index is 0.0958. The number of pyridine rings is 1. The molecule has 0 saturated carbocycles. The van der Waals surface area contributed by atoms with E-state index in [4.69, 9.17) is 0 Å². The van der Waals surface area contributed by atoms with E-state index in [9.17, 15) is 4.79 Å². The highest BCUT2D eigenvalue weighted by Crippen LogP contribution is 2.37. The topological polar surface area (TPSA) is 45.2 Å². The first-order chi connectivity index (χ1) is 8.32. The molecule has 1 amide bonds. The molecule has 2 saturated heterocycles. The molecule has 4 heteroatoms. The number of likely N-dealkylation sites (tertiary alicyclic amines) is 1. The number of piperidine rings is 1. The summed E-state index contributed by atoms with van der Waals surface area (Å²) >= 11 is 0. The number of nitrogens with zero attached hydrogens (tertiary/aromatic N) is 2. The number of amides is 1. The summed E-state index contributed by atoms with van der Waals surface area (Å²) in [5.41, 5.74) is 0.850. The SMILES string of the molecule is O=C(c1ccncc1)N1CC[C@@]12CCCNC2. The molecule has 2 aliphatic heterocycles. The molecular weight excluding hydrogens is 214 g/mol. The maximum atomic E-state index is 12.4. The van der Waals surface area contributed by atoms with Crippen LogP contribution < -0.4 is 5.32 Å². The molecule has 1 N–H and O–H groups in total. The zero-order chi connectivity index (χ0) is 11.7. The first-order valence-electron chi connectivity index (χ1n) is 6.25. The Morgan fingerprint density at radius 1 is 1.35 bits per heavy atom. The summed E-state index contributed by atoms with van der Waals surface area (Å²) in [7, 11) is 0. The van der Waals surface area contributed by atoms with Gasteiger partial charge in [0, 0.05) is 31.0 Å². The number of carbonyl (C=O) groups excluding carboxylic acids is 1. The van der Waals surface area contributed by atoms with Gasteiger partial charge in [-0.1, -0.05) is 0 Å². The highest BCUT2D eigenvalue weighted by molar-refractivity contribution is 5.95. The van der Waals surface area contributed by atoms with Crippen molar-refractivity contribution in [2.24, 2.45) is 0 Å². The van der Waals surface area contributed by atoms with Gasteiger partial charge in [-0.3, -0.25) is 9.78 Å². The van der Waals surface area contributed by atoms with E-state index in [1.54, 1.807) is 24.5 Å². The summed E-state index contributed by atoms with van der Waals surface area (Å²) in [5, 5.41) is 3.41. The Kier molecular flexibility index (Phi) is 2.59. The predicted molar refractivity (Wildman–Crippen MR) is 64.7 cm³/mol. The molecule has 0 unspecified atom stereocenters. The average molecular weight is 231 g/mol. The molecule has 0 aliphatic carbocycles. The van der Waals surface area contributed by atoms with Gasteiger partial charge >= 0.3 is 0 Å². The molecule has 1 aromatic rings. The van der Waals surface area contributed by atoms with E-state index in [0.717, 1.165) is 38.0 Å². The van der Waals surface area contributed by atoms with Crippen LogP contribution in [0.4, 0.5) is 0 Å². The van der Waals surface area contributed by atoms with E-state index in [0.29, 0.717) is 0 Å². The molecule has 2 aliphatic rings. The molecule has 1 spiro atoms. The normalized spacial score (nSPS) is 27.9. The Bertz CT molecular complexity index is 412. The Morgan fingerprint density at radius 3 is 2.76 bits per heavy atom. The molecular formula is C13H17N3O. The van der Waals surface area contributed by atoms with Crippen molar-refractivity contribution >= 4 is 5.91 Å². The third kappa shape index (κ3) is 1.72. The lowest BCUT2D eigenvalue weighted by Gasteiger charge is -2.55. The third-order valence-electron chi connectivity index (χ3n) is 4.00. The van der Waals surface area contributed by atoms with E-state index in [1.165, 1.54) is 6.42 Å². The minimum Gasteiger partial charge on any atom is -0.332 e. The largest absolute Gasteiger partial charge is 0.332 e. The van der Waals surface area contributed by atoms with Crippen LogP contribution in [0, 0.1) is 0 Å². The highest BCUT2D eigenvalue weighted by atomic mass is 16.2. The number of aromatic nitrogens is 1. The Morgan fingerprint density at radius 2 is 2.18 bits per heavy atom. The highest BCUT2D eigenvalue weighted by Gasteiger charge is 2.47. The van der Waals surface area contributed by atoms with Crippen LogP contribution in [0.1, 0.15) is 29.6 Å². The maximum Gasteiger partial charge on any atom is 0.254 e. The van der Waals surface area contributed by atoms with Crippen molar-refractivity contribution in [3.63, 3.8) is 0 Å². The Balaban J connectivity index is 1.79. The molecule has 4 nitrogen and oxygen atoms in total. The molecule has 0 aromatic carbocycles. The van der Waals surface area contributed by atoms with Gasteiger partial charge in [-0.25, -0.2) is 0 Å². The zero-order valence-electron chi connectivity index (χ0n) is 9.85. The molecule has 1 aromatic heterocycles. The van der Waals surface area contributed by atoms with Gasteiger partial charge in [0.25, 0.3) is 5.91 Å². The molecule has 3 heterocycles.